The molecule has 90 valence electrons. The Hall–Kier alpha value is -0.980. The summed E-state index contributed by atoms with van der Waals surface area (Å²) in [5, 5.41) is 3.49. The van der Waals surface area contributed by atoms with E-state index in [-0.39, 0.29) is 5.41 Å². The van der Waals surface area contributed by atoms with Crippen molar-refractivity contribution in [3.05, 3.63) is 29.3 Å². The monoisotopic (exact) mass is 219 g/mol. The second-order valence-corrected chi connectivity index (χ2v) is 6.05. The molecule has 0 aromatic heterocycles. The van der Waals surface area contributed by atoms with E-state index in [4.69, 9.17) is 0 Å². The molecule has 1 N–H and O–H groups in total. The highest BCUT2D eigenvalue weighted by molar-refractivity contribution is 5.53. The lowest BCUT2D eigenvalue weighted by Crippen LogP contribution is -2.13. The van der Waals surface area contributed by atoms with E-state index in [1.165, 1.54) is 16.8 Å². The predicted molar refractivity (Wildman–Crippen MR) is 73.2 cm³/mol. The highest BCUT2D eigenvalue weighted by atomic mass is 14.9. The minimum absolute atomic E-state index is 0.237. The van der Waals surface area contributed by atoms with Crippen LogP contribution in [0.4, 0.5) is 5.69 Å². The number of rotatable bonds is 3. The van der Waals surface area contributed by atoms with E-state index in [9.17, 15) is 0 Å². The van der Waals surface area contributed by atoms with E-state index < -0.39 is 0 Å². The van der Waals surface area contributed by atoms with Gasteiger partial charge in [-0.25, -0.2) is 0 Å². The molecule has 0 amide bonds. The van der Waals surface area contributed by atoms with Crippen LogP contribution in [-0.4, -0.2) is 6.54 Å². The fraction of sp³-hybridized carbons (Fsp3) is 0.600. The summed E-state index contributed by atoms with van der Waals surface area (Å²) in [5.41, 5.74) is 4.25. The first kappa shape index (κ1) is 13.1. The van der Waals surface area contributed by atoms with E-state index >= 15 is 0 Å². The van der Waals surface area contributed by atoms with Crippen LogP contribution in [0.5, 0.6) is 0 Å². The quantitative estimate of drug-likeness (QED) is 0.796. The normalized spacial score (nSPS) is 11.9. The van der Waals surface area contributed by atoms with E-state index in [0.29, 0.717) is 5.92 Å². The molecule has 16 heavy (non-hydrogen) atoms. The number of hydrogen-bond acceptors (Lipinski definition) is 1. The Bertz CT molecular complexity index is 345. The Labute approximate surface area is 100 Å². The van der Waals surface area contributed by atoms with Crippen LogP contribution in [-0.2, 0) is 5.41 Å². The first-order valence-electron chi connectivity index (χ1n) is 6.15. The van der Waals surface area contributed by atoms with E-state index in [1.54, 1.807) is 0 Å². The summed E-state index contributed by atoms with van der Waals surface area (Å²) in [6.07, 6.45) is 0. The van der Waals surface area contributed by atoms with Crippen molar-refractivity contribution >= 4 is 5.69 Å². The SMILES string of the molecule is Cc1cc(C(C)(C)C)ccc1NCC(C)C. The Kier molecular flexibility index (Phi) is 4.01. The van der Waals surface area contributed by atoms with Gasteiger partial charge in [0.25, 0.3) is 0 Å². The third kappa shape index (κ3) is 3.55. The molecule has 0 spiro atoms. The first-order valence-corrected chi connectivity index (χ1v) is 6.15. The van der Waals surface area contributed by atoms with Crippen molar-refractivity contribution in [3.63, 3.8) is 0 Å². The average Bonchev–Trinajstić information content (AvgIpc) is 2.14. The van der Waals surface area contributed by atoms with Gasteiger partial charge in [-0.15, -0.1) is 0 Å². The van der Waals surface area contributed by atoms with Gasteiger partial charge >= 0.3 is 0 Å². The lowest BCUT2D eigenvalue weighted by Gasteiger charge is -2.21. The van der Waals surface area contributed by atoms with Gasteiger partial charge in [0.2, 0.25) is 0 Å². The average molecular weight is 219 g/mol. The molecule has 0 aliphatic heterocycles. The minimum Gasteiger partial charge on any atom is -0.385 e. The summed E-state index contributed by atoms with van der Waals surface area (Å²) in [4.78, 5) is 0. The van der Waals surface area contributed by atoms with Crippen molar-refractivity contribution in [1.82, 2.24) is 0 Å². The zero-order valence-corrected chi connectivity index (χ0v) is 11.5. The van der Waals surface area contributed by atoms with Crippen LogP contribution in [0.15, 0.2) is 18.2 Å². The molecule has 0 atom stereocenters. The van der Waals surface area contributed by atoms with Crippen LogP contribution in [0.3, 0.4) is 0 Å². The van der Waals surface area contributed by atoms with Gasteiger partial charge in [0.1, 0.15) is 0 Å². The number of nitrogens with one attached hydrogen (secondary N) is 1. The van der Waals surface area contributed by atoms with Crippen molar-refractivity contribution < 1.29 is 0 Å². The van der Waals surface area contributed by atoms with Gasteiger partial charge in [-0.2, -0.15) is 0 Å². The molecular weight excluding hydrogens is 194 g/mol. The second kappa shape index (κ2) is 4.90. The van der Waals surface area contributed by atoms with Gasteiger partial charge in [-0.1, -0.05) is 46.8 Å². The zero-order chi connectivity index (χ0) is 12.3. The van der Waals surface area contributed by atoms with Gasteiger partial charge in [-0.3, -0.25) is 0 Å². The summed E-state index contributed by atoms with van der Waals surface area (Å²) in [6.45, 7) is 14.4. The van der Waals surface area contributed by atoms with Gasteiger partial charge < -0.3 is 5.32 Å². The number of hydrogen-bond donors (Lipinski definition) is 1. The Morgan fingerprint density at radius 2 is 1.81 bits per heavy atom. The Balaban J connectivity index is 2.84. The Morgan fingerprint density at radius 1 is 1.19 bits per heavy atom. The van der Waals surface area contributed by atoms with Gasteiger partial charge in [0.05, 0.1) is 0 Å². The molecule has 1 aromatic rings. The van der Waals surface area contributed by atoms with Gasteiger partial charge in [0, 0.05) is 12.2 Å². The van der Waals surface area contributed by atoms with Crippen molar-refractivity contribution in [3.8, 4) is 0 Å². The van der Waals surface area contributed by atoms with Crippen LogP contribution in [0.1, 0.15) is 45.7 Å². The molecule has 1 nitrogen and oxygen atoms in total. The fourth-order valence-electron chi connectivity index (χ4n) is 1.64. The smallest absolute Gasteiger partial charge is 0.0370 e. The van der Waals surface area contributed by atoms with Crippen LogP contribution < -0.4 is 5.32 Å². The molecule has 0 saturated heterocycles. The highest BCUT2D eigenvalue weighted by Gasteiger charge is 2.14. The van der Waals surface area contributed by atoms with Crippen LogP contribution in [0.25, 0.3) is 0 Å². The van der Waals surface area contributed by atoms with Crippen molar-refractivity contribution in [1.29, 1.82) is 0 Å². The van der Waals surface area contributed by atoms with Gasteiger partial charge in [0.15, 0.2) is 0 Å². The van der Waals surface area contributed by atoms with E-state index in [2.05, 4.69) is 65.1 Å². The second-order valence-electron chi connectivity index (χ2n) is 6.05. The number of benzene rings is 1. The fourth-order valence-corrected chi connectivity index (χ4v) is 1.64. The van der Waals surface area contributed by atoms with Crippen molar-refractivity contribution in [2.45, 2.75) is 47.0 Å². The third-order valence-corrected chi connectivity index (χ3v) is 2.79. The molecule has 0 unspecified atom stereocenters. The van der Waals surface area contributed by atoms with E-state index in [0.717, 1.165) is 6.54 Å². The van der Waals surface area contributed by atoms with Crippen molar-refractivity contribution in [2.75, 3.05) is 11.9 Å². The first-order chi connectivity index (χ1) is 7.30. The summed E-state index contributed by atoms with van der Waals surface area (Å²) < 4.78 is 0. The topological polar surface area (TPSA) is 12.0 Å². The molecule has 0 aliphatic rings. The van der Waals surface area contributed by atoms with E-state index in [1.807, 2.05) is 0 Å². The molecule has 0 aliphatic carbocycles. The molecule has 0 saturated carbocycles. The van der Waals surface area contributed by atoms with Crippen molar-refractivity contribution in [2.24, 2.45) is 5.92 Å². The molecule has 1 heteroatoms. The largest absolute Gasteiger partial charge is 0.385 e. The molecule has 0 radical (unpaired) electrons. The molecule has 1 rings (SSSR count). The maximum absolute atomic E-state index is 3.49. The number of anilines is 1. The third-order valence-electron chi connectivity index (χ3n) is 2.79. The summed E-state index contributed by atoms with van der Waals surface area (Å²) >= 11 is 0. The zero-order valence-electron chi connectivity index (χ0n) is 11.5. The summed E-state index contributed by atoms with van der Waals surface area (Å²) in [6, 6.07) is 6.73. The van der Waals surface area contributed by atoms with Crippen LogP contribution in [0, 0.1) is 12.8 Å². The molecular formula is C15H25N. The van der Waals surface area contributed by atoms with Gasteiger partial charge in [-0.05, 0) is 35.4 Å². The molecule has 0 fully saturated rings. The lowest BCUT2D eigenvalue weighted by atomic mass is 9.86. The molecule has 1 aromatic carbocycles. The van der Waals surface area contributed by atoms with Crippen LogP contribution in [0.2, 0.25) is 0 Å². The lowest BCUT2D eigenvalue weighted by molar-refractivity contribution is 0.589. The maximum atomic E-state index is 3.49. The number of aryl methyl sites for hydroxylation is 1. The summed E-state index contributed by atoms with van der Waals surface area (Å²) in [7, 11) is 0. The predicted octanol–water partition coefficient (Wildman–Crippen LogP) is 4.36. The molecule has 0 heterocycles. The summed E-state index contributed by atoms with van der Waals surface area (Å²) in [5.74, 6) is 0.682. The van der Waals surface area contributed by atoms with Crippen LogP contribution >= 0.6 is 0 Å². The minimum atomic E-state index is 0.237. The molecule has 0 bridgehead atoms. The standard InChI is InChI=1S/C15H25N/c1-11(2)10-16-14-8-7-13(9-12(14)3)15(4,5)6/h7-9,11,16H,10H2,1-6H3. The Morgan fingerprint density at radius 3 is 2.25 bits per heavy atom. The maximum Gasteiger partial charge on any atom is 0.0370 e. The highest BCUT2D eigenvalue weighted by Crippen LogP contribution is 2.26.